The second-order valence-electron chi connectivity index (χ2n) is 4.11. The molecular formula is C14H14F3NO6. The van der Waals surface area contributed by atoms with E-state index in [1.165, 1.54) is 19.2 Å². The molecule has 132 valence electrons. The summed E-state index contributed by atoms with van der Waals surface area (Å²) in [5.41, 5.74) is -0.317. The quantitative estimate of drug-likeness (QED) is 0.623. The van der Waals surface area contributed by atoms with E-state index in [0.29, 0.717) is 0 Å². The summed E-state index contributed by atoms with van der Waals surface area (Å²) in [6, 6.07) is 3.45. The van der Waals surface area contributed by atoms with Crippen molar-refractivity contribution in [3.63, 3.8) is 0 Å². The molecule has 0 spiro atoms. The zero-order chi connectivity index (χ0) is 18.3. The van der Waals surface area contributed by atoms with Gasteiger partial charge in [0.05, 0.1) is 27.4 Å². The van der Waals surface area contributed by atoms with Crippen LogP contribution in [0.4, 0.5) is 18.9 Å². The molecule has 24 heavy (non-hydrogen) atoms. The molecule has 0 radical (unpaired) electrons. The van der Waals surface area contributed by atoms with Crippen LogP contribution in [0.2, 0.25) is 0 Å². The van der Waals surface area contributed by atoms with E-state index < -0.39 is 24.1 Å². The number of nitrogens with one attached hydrogen (secondary N) is 1. The number of alkyl halides is 3. The van der Waals surface area contributed by atoms with Crippen LogP contribution in [-0.2, 0) is 19.1 Å². The third-order valence-electron chi connectivity index (χ3n) is 2.54. The Morgan fingerprint density at radius 1 is 1.08 bits per heavy atom. The number of halogens is 3. The maximum Gasteiger partial charge on any atom is 0.573 e. The lowest BCUT2D eigenvalue weighted by Gasteiger charge is -2.15. The highest BCUT2D eigenvalue weighted by molar-refractivity contribution is 5.98. The maximum atomic E-state index is 12.4. The van der Waals surface area contributed by atoms with Crippen molar-refractivity contribution >= 4 is 17.6 Å². The average Bonchev–Trinajstić information content (AvgIpc) is 2.52. The van der Waals surface area contributed by atoms with Gasteiger partial charge in [-0.15, -0.1) is 13.2 Å². The number of rotatable bonds is 6. The van der Waals surface area contributed by atoms with Crippen LogP contribution < -0.4 is 14.8 Å². The molecule has 0 atom stereocenters. The topological polar surface area (TPSA) is 83.1 Å². The lowest BCUT2D eigenvalue weighted by Crippen LogP contribution is -2.18. The van der Waals surface area contributed by atoms with E-state index in [1.54, 1.807) is 0 Å². The van der Waals surface area contributed by atoms with E-state index in [0.717, 1.165) is 26.4 Å². The normalized spacial score (nSPS) is 11.5. The highest BCUT2D eigenvalue weighted by Gasteiger charge is 2.32. The van der Waals surface area contributed by atoms with Crippen LogP contribution >= 0.6 is 0 Å². The molecule has 10 heteroatoms. The molecular weight excluding hydrogens is 335 g/mol. The van der Waals surface area contributed by atoms with Crippen LogP contribution in [0, 0.1) is 0 Å². The molecule has 0 fully saturated rings. The fraction of sp³-hybridized carbons (Fsp3) is 0.286. The zero-order valence-corrected chi connectivity index (χ0v) is 12.9. The van der Waals surface area contributed by atoms with Gasteiger partial charge < -0.3 is 24.3 Å². The summed E-state index contributed by atoms with van der Waals surface area (Å²) in [6.07, 6.45) is -4.14. The summed E-state index contributed by atoms with van der Waals surface area (Å²) < 4.78 is 54.7. The maximum absolute atomic E-state index is 12.4. The van der Waals surface area contributed by atoms with Crippen molar-refractivity contribution in [2.75, 3.05) is 26.6 Å². The van der Waals surface area contributed by atoms with Crippen molar-refractivity contribution < 1.29 is 41.7 Å². The van der Waals surface area contributed by atoms with Crippen molar-refractivity contribution in [2.45, 2.75) is 6.36 Å². The SMILES string of the molecule is COC(=O)/C=C(/Nc1ccc(OC)c(OC(F)(F)F)c1)C(=O)OC. The number of carbonyl (C=O) groups is 2. The zero-order valence-electron chi connectivity index (χ0n) is 12.9. The Hall–Kier alpha value is -2.91. The first-order valence-electron chi connectivity index (χ1n) is 6.29. The molecule has 0 aliphatic heterocycles. The fourth-order valence-electron chi connectivity index (χ4n) is 1.55. The minimum Gasteiger partial charge on any atom is -0.493 e. The van der Waals surface area contributed by atoms with Gasteiger partial charge in [0.15, 0.2) is 11.5 Å². The van der Waals surface area contributed by atoms with Crippen LogP contribution in [0.3, 0.4) is 0 Å². The van der Waals surface area contributed by atoms with Crippen molar-refractivity contribution in [1.82, 2.24) is 0 Å². The number of ether oxygens (including phenoxy) is 4. The van der Waals surface area contributed by atoms with Gasteiger partial charge in [-0.05, 0) is 12.1 Å². The van der Waals surface area contributed by atoms with Crippen LogP contribution in [-0.4, -0.2) is 39.6 Å². The summed E-state index contributed by atoms with van der Waals surface area (Å²) in [7, 11) is 3.33. The van der Waals surface area contributed by atoms with E-state index in [2.05, 4.69) is 19.5 Å². The van der Waals surface area contributed by atoms with E-state index in [-0.39, 0.29) is 17.1 Å². The van der Waals surface area contributed by atoms with Gasteiger partial charge in [-0.1, -0.05) is 0 Å². The third kappa shape index (κ3) is 5.71. The minimum atomic E-state index is -4.93. The first-order chi connectivity index (χ1) is 11.2. The van der Waals surface area contributed by atoms with Crippen LogP contribution in [0.1, 0.15) is 0 Å². The number of hydrogen-bond acceptors (Lipinski definition) is 7. The Morgan fingerprint density at radius 3 is 2.25 bits per heavy atom. The Kier molecular flexibility index (Phi) is 6.45. The van der Waals surface area contributed by atoms with Crippen molar-refractivity contribution in [3.8, 4) is 11.5 Å². The molecule has 0 saturated heterocycles. The van der Waals surface area contributed by atoms with Gasteiger partial charge in [-0.2, -0.15) is 0 Å². The van der Waals surface area contributed by atoms with Gasteiger partial charge in [-0.25, -0.2) is 9.59 Å². The number of hydrogen-bond donors (Lipinski definition) is 1. The lowest BCUT2D eigenvalue weighted by molar-refractivity contribution is -0.275. The minimum absolute atomic E-state index is 0.0237. The molecule has 0 unspecified atom stereocenters. The summed E-state index contributed by atoms with van der Waals surface area (Å²) in [5.74, 6) is -2.58. The Bertz CT molecular complexity index is 642. The summed E-state index contributed by atoms with van der Waals surface area (Å²) in [5, 5.41) is 2.46. The molecule has 0 saturated carbocycles. The Balaban J connectivity index is 3.16. The first kappa shape index (κ1) is 19.1. The first-order valence-corrected chi connectivity index (χ1v) is 6.29. The smallest absolute Gasteiger partial charge is 0.493 e. The molecule has 0 aromatic heterocycles. The highest BCUT2D eigenvalue weighted by atomic mass is 19.4. The summed E-state index contributed by atoms with van der Waals surface area (Å²) >= 11 is 0. The molecule has 0 amide bonds. The number of benzene rings is 1. The van der Waals surface area contributed by atoms with Gasteiger partial charge in [0.1, 0.15) is 5.70 Å². The summed E-state index contributed by atoms with van der Waals surface area (Å²) in [6.45, 7) is 0. The molecule has 0 aliphatic carbocycles. The van der Waals surface area contributed by atoms with E-state index in [1.807, 2.05) is 0 Å². The Morgan fingerprint density at radius 2 is 1.75 bits per heavy atom. The predicted molar refractivity (Wildman–Crippen MR) is 75.4 cm³/mol. The Labute approximate surface area is 134 Å². The lowest BCUT2D eigenvalue weighted by atomic mass is 10.2. The average molecular weight is 349 g/mol. The van der Waals surface area contributed by atoms with E-state index in [9.17, 15) is 22.8 Å². The van der Waals surface area contributed by atoms with Gasteiger partial charge in [0.2, 0.25) is 0 Å². The van der Waals surface area contributed by atoms with E-state index in [4.69, 9.17) is 4.74 Å². The molecule has 1 N–H and O–H groups in total. The molecule has 1 rings (SSSR count). The van der Waals surface area contributed by atoms with Crippen LogP contribution in [0.5, 0.6) is 11.5 Å². The second-order valence-corrected chi connectivity index (χ2v) is 4.11. The summed E-state index contributed by atoms with van der Waals surface area (Å²) in [4.78, 5) is 22.9. The monoisotopic (exact) mass is 349 g/mol. The van der Waals surface area contributed by atoms with Crippen molar-refractivity contribution in [3.05, 3.63) is 30.0 Å². The van der Waals surface area contributed by atoms with Crippen molar-refractivity contribution in [2.24, 2.45) is 0 Å². The fourth-order valence-corrected chi connectivity index (χ4v) is 1.55. The van der Waals surface area contributed by atoms with Crippen LogP contribution in [0.25, 0.3) is 0 Å². The van der Waals surface area contributed by atoms with Crippen LogP contribution in [0.15, 0.2) is 30.0 Å². The molecule has 1 aromatic carbocycles. The van der Waals surface area contributed by atoms with Gasteiger partial charge in [0.25, 0.3) is 0 Å². The molecule has 7 nitrogen and oxygen atoms in total. The van der Waals surface area contributed by atoms with E-state index >= 15 is 0 Å². The predicted octanol–water partition coefficient (Wildman–Crippen LogP) is 2.24. The molecule has 0 bridgehead atoms. The van der Waals surface area contributed by atoms with Crippen molar-refractivity contribution in [1.29, 1.82) is 0 Å². The molecule has 0 heterocycles. The number of methoxy groups -OCH3 is 3. The molecule has 1 aromatic rings. The number of anilines is 1. The highest BCUT2D eigenvalue weighted by Crippen LogP contribution is 2.34. The third-order valence-corrected chi connectivity index (χ3v) is 2.54. The van der Waals surface area contributed by atoms with Gasteiger partial charge in [0, 0.05) is 11.8 Å². The number of esters is 2. The standard InChI is InChI=1S/C14H14F3NO6/c1-21-10-5-4-8(6-11(10)24-14(15,16)17)18-9(13(20)23-3)7-12(19)22-2/h4-7,18H,1-3H3/b9-7+. The second kappa shape index (κ2) is 8.09. The molecule has 0 aliphatic rings. The van der Waals surface area contributed by atoms with Gasteiger partial charge >= 0.3 is 18.3 Å². The number of carbonyl (C=O) groups excluding carboxylic acids is 2. The van der Waals surface area contributed by atoms with Gasteiger partial charge in [-0.3, -0.25) is 0 Å². The largest absolute Gasteiger partial charge is 0.573 e.